The van der Waals surface area contributed by atoms with Crippen LogP contribution < -0.4 is 5.32 Å². The maximum Gasteiger partial charge on any atom is 0.252 e. The average molecular weight is 332 g/mol. The Morgan fingerprint density at radius 2 is 1.87 bits per heavy atom. The molecule has 0 radical (unpaired) electrons. The Kier molecular flexibility index (Phi) is 7.62. The summed E-state index contributed by atoms with van der Waals surface area (Å²) in [4.78, 5) is 15.1. The molecule has 0 fully saturated rings. The van der Waals surface area contributed by atoms with Gasteiger partial charge in [-0.3, -0.25) is 9.78 Å². The number of thiol groups is 1. The minimum atomic E-state index is -0.0999. The highest BCUT2D eigenvalue weighted by Gasteiger charge is 2.12. The minimum Gasteiger partial charge on any atom is -0.508 e. The molecular weight excluding hydrogens is 308 g/mol. The number of amides is 1. The summed E-state index contributed by atoms with van der Waals surface area (Å²) in [5.41, 5.74) is 2.00. The number of rotatable bonds is 3. The van der Waals surface area contributed by atoms with Gasteiger partial charge in [-0.25, -0.2) is 0 Å². The lowest BCUT2D eigenvalue weighted by Gasteiger charge is -2.18. The second-order valence-corrected chi connectivity index (χ2v) is 6.47. The molecule has 1 aromatic heterocycles. The third-order valence-electron chi connectivity index (χ3n) is 3.05. The van der Waals surface area contributed by atoms with E-state index in [1.165, 1.54) is 11.8 Å². The van der Waals surface area contributed by atoms with E-state index >= 15 is 0 Å². The van der Waals surface area contributed by atoms with Gasteiger partial charge in [0.15, 0.2) is 0 Å². The number of pyridine rings is 1. The molecule has 1 heterocycles. The largest absolute Gasteiger partial charge is 0.508 e. The molecular formula is C18H24N2O2S. The summed E-state index contributed by atoms with van der Waals surface area (Å²) >= 11 is 3.98. The first-order valence-electron chi connectivity index (χ1n) is 7.43. The van der Waals surface area contributed by atoms with E-state index in [2.05, 4.69) is 43.7 Å². The van der Waals surface area contributed by atoms with Crippen LogP contribution >= 0.6 is 12.6 Å². The lowest BCUT2D eigenvalue weighted by atomic mass is 9.87. The molecule has 0 aliphatic rings. The predicted octanol–water partition coefficient (Wildman–Crippen LogP) is 3.43. The third-order valence-corrected chi connectivity index (χ3v) is 3.28. The fourth-order valence-electron chi connectivity index (χ4n) is 1.73. The quantitative estimate of drug-likeness (QED) is 0.755. The van der Waals surface area contributed by atoms with Crippen molar-refractivity contribution in [3.05, 3.63) is 59.9 Å². The van der Waals surface area contributed by atoms with E-state index in [-0.39, 0.29) is 11.3 Å². The number of aromatic nitrogens is 1. The first kappa shape index (κ1) is 19.0. The van der Waals surface area contributed by atoms with Crippen LogP contribution in [0.1, 0.15) is 36.7 Å². The van der Waals surface area contributed by atoms with Crippen LogP contribution in [-0.4, -0.2) is 28.3 Å². The number of phenolic OH excluding ortho intramolecular Hbond substituents is 1. The Morgan fingerprint density at radius 3 is 2.35 bits per heavy atom. The molecule has 2 N–H and O–H groups in total. The number of carbonyl (C=O) groups is 1. The van der Waals surface area contributed by atoms with Crippen LogP contribution in [-0.2, 0) is 5.41 Å². The van der Waals surface area contributed by atoms with Gasteiger partial charge in [0.1, 0.15) is 5.75 Å². The lowest BCUT2D eigenvalue weighted by Crippen LogP contribution is -2.25. The third kappa shape index (κ3) is 7.19. The van der Waals surface area contributed by atoms with Crippen LogP contribution in [0.2, 0.25) is 0 Å². The molecule has 4 nitrogen and oxygen atoms in total. The van der Waals surface area contributed by atoms with Crippen LogP contribution in [0, 0.1) is 0 Å². The molecule has 0 atom stereocenters. The Hall–Kier alpha value is -2.01. The van der Waals surface area contributed by atoms with Gasteiger partial charge in [0.05, 0.1) is 5.56 Å². The molecule has 0 unspecified atom stereocenters. The van der Waals surface area contributed by atoms with Gasteiger partial charge in [-0.2, -0.15) is 12.6 Å². The van der Waals surface area contributed by atoms with Crippen LogP contribution in [0.4, 0.5) is 0 Å². The maximum absolute atomic E-state index is 11.2. The summed E-state index contributed by atoms with van der Waals surface area (Å²) in [7, 11) is 0. The normalized spacial score (nSPS) is 10.4. The van der Waals surface area contributed by atoms with Gasteiger partial charge in [0, 0.05) is 24.7 Å². The van der Waals surface area contributed by atoms with Crippen molar-refractivity contribution in [2.75, 3.05) is 12.3 Å². The van der Waals surface area contributed by atoms with Crippen molar-refractivity contribution in [3.8, 4) is 5.75 Å². The Balaban J connectivity index is 0.000000231. The molecule has 0 spiro atoms. The van der Waals surface area contributed by atoms with E-state index in [1.807, 2.05) is 12.1 Å². The Bertz CT molecular complexity index is 593. The van der Waals surface area contributed by atoms with Crippen molar-refractivity contribution >= 4 is 18.5 Å². The van der Waals surface area contributed by atoms with Crippen molar-refractivity contribution in [1.29, 1.82) is 0 Å². The topological polar surface area (TPSA) is 62.2 Å². The van der Waals surface area contributed by atoms with Gasteiger partial charge in [-0.15, -0.1) is 0 Å². The van der Waals surface area contributed by atoms with E-state index < -0.39 is 0 Å². The first-order valence-corrected chi connectivity index (χ1v) is 8.06. The molecule has 5 heteroatoms. The van der Waals surface area contributed by atoms with E-state index in [9.17, 15) is 4.79 Å². The SMILES string of the molecule is CC(C)(C)c1ccc(O)cc1.O=C(NCCS)c1cccnc1. The highest BCUT2D eigenvalue weighted by atomic mass is 32.1. The van der Waals surface area contributed by atoms with Gasteiger partial charge in [-0.05, 0) is 35.2 Å². The number of aromatic hydroxyl groups is 1. The zero-order valence-corrected chi connectivity index (χ0v) is 14.7. The second kappa shape index (κ2) is 9.20. The summed E-state index contributed by atoms with van der Waals surface area (Å²) in [5, 5.41) is 11.7. The average Bonchev–Trinajstić information content (AvgIpc) is 2.53. The highest BCUT2D eigenvalue weighted by Crippen LogP contribution is 2.23. The van der Waals surface area contributed by atoms with Crippen molar-refractivity contribution in [2.24, 2.45) is 0 Å². The van der Waals surface area contributed by atoms with E-state index in [0.29, 0.717) is 23.6 Å². The molecule has 124 valence electrons. The number of phenols is 1. The van der Waals surface area contributed by atoms with Crippen LogP contribution in [0.15, 0.2) is 48.8 Å². The molecule has 1 amide bonds. The summed E-state index contributed by atoms with van der Waals surface area (Å²) in [5.74, 6) is 0.876. The van der Waals surface area contributed by atoms with Crippen molar-refractivity contribution < 1.29 is 9.90 Å². The molecule has 0 saturated heterocycles. The molecule has 0 aliphatic carbocycles. The highest BCUT2D eigenvalue weighted by molar-refractivity contribution is 7.80. The summed E-state index contributed by atoms with van der Waals surface area (Å²) < 4.78 is 0. The fourth-order valence-corrected chi connectivity index (χ4v) is 1.84. The smallest absolute Gasteiger partial charge is 0.252 e. The lowest BCUT2D eigenvalue weighted by molar-refractivity contribution is 0.0956. The number of carbonyl (C=O) groups excluding carboxylic acids is 1. The van der Waals surface area contributed by atoms with Gasteiger partial charge in [0.2, 0.25) is 0 Å². The molecule has 2 rings (SSSR count). The molecule has 2 aromatic rings. The van der Waals surface area contributed by atoms with Crippen LogP contribution in [0.3, 0.4) is 0 Å². The number of nitrogens with zero attached hydrogens (tertiary/aromatic N) is 1. The van der Waals surface area contributed by atoms with Gasteiger partial charge >= 0.3 is 0 Å². The van der Waals surface area contributed by atoms with Crippen molar-refractivity contribution in [3.63, 3.8) is 0 Å². The zero-order chi connectivity index (χ0) is 17.3. The molecule has 23 heavy (non-hydrogen) atoms. The number of benzene rings is 1. The van der Waals surface area contributed by atoms with Gasteiger partial charge in [0.25, 0.3) is 5.91 Å². The molecule has 1 aromatic carbocycles. The molecule has 0 bridgehead atoms. The summed E-state index contributed by atoms with van der Waals surface area (Å²) in [6.07, 6.45) is 3.17. The number of hydrogen-bond acceptors (Lipinski definition) is 4. The van der Waals surface area contributed by atoms with Gasteiger partial charge in [-0.1, -0.05) is 32.9 Å². The van der Waals surface area contributed by atoms with Crippen molar-refractivity contribution in [2.45, 2.75) is 26.2 Å². The maximum atomic E-state index is 11.2. The first-order chi connectivity index (χ1) is 10.8. The molecule has 0 saturated carbocycles. The van der Waals surface area contributed by atoms with Crippen LogP contribution in [0.5, 0.6) is 5.75 Å². The summed E-state index contributed by atoms with van der Waals surface area (Å²) in [6, 6.07) is 10.8. The fraction of sp³-hybridized carbons (Fsp3) is 0.333. The van der Waals surface area contributed by atoms with Gasteiger partial charge < -0.3 is 10.4 Å². The summed E-state index contributed by atoms with van der Waals surface area (Å²) in [6.45, 7) is 7.04. The van der Waals surface area contributed by atoms with E-state index in [1.54, 1.807) is 30.5 Å². The van der Waals surface area contributed by atoms with E-state index in [4.69, 9.17) is 5.11 Å². The van der Waals surface area contributed by atoms with Crippen LogP contribution in [0.25, 0.3) is 0 Å². The van der Waals surface area contributed by atoms with Crippen molar-refractivity contribution in [1.82, 2.24) is 10.3 Å². The number of nitrogens with one attached hydrogen (secondary N) is 1. The second-order valence-electron chi connectivity index (χ2n) is 6.02. The monoisotopic (exact) mass is 332 g/mol. The Morgan fingerprint density at radius 1 is 1.22 bits per heavy atom. The zero-order valence-electron chi connectivity index (χ0n) is 13.8. The molecule has 0 aliphatic heterocycles. The minimum absolute atomic E-state index is 0.0999. The standard InChI is InChI=1S/C10H14O.C8H10N2OS/c1-10(2,3)8-4-6-9(11)7-5-8;11-8(10-4-5-12)7-2-1-3-9-6-7/h4-7,11H,1-3H3;1-3,6,12H,4-5H2,(H,10,11). The predicted molar refractivity (Wildman–Crippen MR) is 97.2 cm³/mol. The number of hydrogen-bond donors (Lipinski definition) is 3. The van der Waals surface area contributed by atoms with E-state index in [0.717, 1.165) is 0 Å². The Labute approximate surface area is 143 Å².